The number of rotatable bonds is 6. The summed E-state index contributed by atoms with van der Waals surface area (Å²) >= 11 is 2.00. The molecule has 1 heterocycles. The molecular weight excluding hydrogens is 517 g/mol. The second kappa shape index (κ2) is 9.60. The fraction of sp³-hybridized carbons (Fsp3) is 0.143. The van der Waals surface area contributed by atoms with Gasteiger partial charge < -0.3 is 14.8 Å². The molecule has 1 fully saturated rings. The summed E-state index contributed by atoms with van der Waals surface area (Å²) in [5, 5.41) is 6.80. The number of imide groups is 2. The number of carbonyl (C=O) groups is 4. The molecule has 0 atom stereocenters. The number of amides is 5. The molecule has 2 aromatic rings. The van der Waals surface area contributed by atoms with Gasteiger partial charge in [-0.3, -0.25) is 25.0 Å². The van der Waals surface area contributed by atoms with Gasteiger partial charge in [-0.25, -0.2) is 4.79 Å². The Bertz CT molecular complexity index is 1090. The van der Waals surface area contributed by atoms with Crippen LogP contribution in [0.5, 0.6) is 11.5 Å². The Labute approximate surface area is 191 Å². The van der Waals surface area contributed by atoms with E-state index in [9.17, 15) is 19.2 Å². The summed E-state index contributed by atoms with van der Waals surface area (Å²) < 4.78 is 11.6. The number of urea groups is 1. The summed E-state index contributed by atoms with van der Waals surface area (Å²) in [5.74, 6) is -1.27. The van der Waals surface area contributed by atoms with Gasteiger partial charge in [-0.2, -0.15) is 0 Å². The molecule has 1 aliphatic rings. The Hall–Kier alpha value is -3.41. The number of benzene rings is 2. The molecule has 31 heavy (non-hydrogen) atoms. The molecule has 9 nitrogen and oxygen atoms in total. The van der Waals surface area contributed by atoms with Crippen LogP contribution in [0.4, 0.5) is 10.5 Å². The van der Waals surface area contributed by atoms with Gasteiger partial charge >= 0.3 is 6.03 Å². The Morgan fingerprint density at radius 1 is 1.13 bits per heavy atom. The number of nitrogens with one attached hydrogen (secondary N) is 3. The molecular formula is C21H18IN3O6. The summed E-state index contributed by atoms with van der Waals surface area (Å²) in [7, 11) is 1.43. The summed E-state index contributed by atoms with van der Waals surface area (Å²) in [5.41, 5.74) is 1.89. The number of para-hydroxylation sites is 1. The fourth-order valence-corrected chi connectivity index (χ4v) is 3.55. The molecule has 0 spiro atoms. The van der Waals surface area contributed by atoms with Gasteiger partial charge in [0.05, 0.1) is 10.7 Å². The summed E-state index contributed by atoms with van der Waals surface area (Å²) in [6, 6.07) is 9.73. The number of aryl methyl sites for hydroxylation is 1. The van der Waals surface area contributed by atoms with E-state index in [1.54, 1.807) is 18.2 Å². The lowest BCUT2D eigenvalue weighted by Crippen LogP contribution is -2.51. The van der Waals surface area contributed by atoms with Gasteiger partial charge in [-0.15, -0.1) is 0 Å². The minimum absolute atomic E-state index is 0.219. The molecule has 0 aromatic heterocycles. The van der Waals surface area contributed by atoms with E-state index in [2.05, 4.69) is 5.32 Å². The van der Waals surface area contributed by atoms with E-state index in [0.717, 1.165) is 5.56 Å². The first kappa shape index (κ1) is 22.3. The normalized spacial score (nSPS) is 13.3. The quantitative estimate of drug-likeness (QED) is 0.297. The highest BCUT2D eigenvalue weighted by Crippen LogP contribution is 2.34. The molecule has 1 aliphatic heterocycles. The lowest BCUT2D eigenvalue weighted by Gasteiger charge is -2.16. The first-order valence-corrected chi connectivity index (χ1v) is 10.1. The third-order valence-corrected chi connectivity index (χ3v) is 5.07. The van der Waals surface area contributed by atoms with E-state index in [-0.39, 0.29) is 18.1 Å². The van der Waals surface area contributed by atoms with Gasteiger partial charge in [0.25, 0.3) is 17.7 Å². The molecule has 2 aromatic carbocycles. The van der Waals surface area contributed by atoms with Crippen molar-refractivity contribution in [3.8, 4) is 11.5 Å². The molecule has 10 heteroatoms. The van der Waals surface area contributed by atoms with Crippen LogP contribution in [-0.2, 0) is 14.4 Å². The Balaban J connectivity index is 1.77. The van der Waals surface area contributed by atoms with Crippen molar-refractivity contribution in [1.82, 2.24) is 10.6 Å². The van der Waals surface area contributed by atoms with Gasteiger partial charge in [0.2, 0.25) is 0 Å². The minimum Gasteiger partial charge on any atom is -0.493 e. The summed E-state index contributed by atoms with van der Waals surface area (Å²) in [6.45, 7) is 1.65. The number of hydrogen-bond acceptors (Lipinski definition) is 6. The van der Waals surface area contributed by atoms with Crippen molar-refractivity contribution in [2.45, 2.75) is 6.92 Å². The van der Waals surface area contributed by atoms with Crippen LogP contribution >= 0.6 is 22.6 Å². The highest BCUT2D eigenvalue weighted by Gasteiger charge is 2.28. The van der Waals surface area contributed by atoms with E-state index in [4.69, 9.17) is 9.47 Å². The van der Waals surface area contributed by atoms with Crippen LogP contribution in [0.1, 0.15) is 11.1 Å². The summed E-state index contributed by atoms with van der Waals surface area (Å²) in [6.07, 6.45) is 1.33. The van der Waals surface area contributed by atoms with Gasteiger partial charge in [-0.05, 0) is 64.9 Å². The number of barbiturate groups is 1. The highest BCUT2D eigenvalue weighted by molar-refractivity contribution is 14.1. The molecule has 3 rings (SSSR count). The van der Waals surface area contributed by atoms with Crippen LogP contribution in [0.25, 0.3) is 6.08 Å². The van der Waals surface area contributed by atoms with Crippen molar-refractivity contribution >= 4 is 58.1 Å². The number of methoxy groups -OCH3 is 1. The number of ether oxygens (including phenoxy) is 2. The van der Waals surface area contributed by atoms with Crippen LogP contribution in [0.2, 0.25) is 0 Å². The maximum absolute atomic E-state index is 12.3. The predicted molar refractivity (Wildman–Crippen MR) is 121 cm³/mol. The highest BCUT2D eigenvalue weighted by atomic mass is 127. The standard InChI is InChI=1S/C21H18IN3O6/c1-11-5-3-4-6-15(11)23-17(26)10-31-18-14(22)8-12(9-16(18)30-2)7-13-19(27)24-21(29)25-20(13)28/h3-9H,10H2,1-2H3,(H,23,26)(H2,24,25,27,28,29). The topological polar surface area (TPSA) is 123 Å². The van der Waals surface area contributed by atoms with Crippen molar-refractivity contribution in [3.63, 3.8) is 0 Å². The van der Waals surface area contributed by atoms with Gasteiger partial charge in [0.1, 0.15) is 5.57 Å². The zero-order valence-electron chi connectivity index (χ0n) is 16.6. The van der Waals surface area contributed by atoms with Crippen molar-refractivity contribution in [2.24, 2.45) is 0 Å². The maximum atomic E-state index is 12.3. The lowest BCUT2D eigenvalue weighted by molar-refractivity contribution is -0.124. The van der Waals surface area contributed by atoms with Crippen molar-refractivity contribution < 1.29 is 28.7 Å². The predicted octanol–water partition coefficient (Wildman–Crippen LogP) is 2.38. The van der Waals surface area contributed by atoms with Gasteiger partial charge in [0.15, 0.2) is 18.1 Å². The molecule has 0 aliphatic carbocycles. The van der Waals surface area contributed by atoms with Gasteiger partial charge in [-0.1, -0.05) is 18.2 Å². The molecule has 1 saturated heterocycles. The van der Waals surface area contributed by atoms with Gasteiger partial charge in [0, 0.05) is 5.69 Å². The third kappa shape index (κ3) is 5.40. The second-order valence-electron chi connectivity index (χ2n) is 6.48. The van der Waals surface area contributed by atoms with Crippen molar-refractivity contribution in [2.75, 3.05) is 19.0 Å². The number of carbonyl (C=O) groups excluding carboxylic acids is 4. The molecule has 0 radical (unpaired) electrons. The lowest BCUT2D eigenvalue weighted by atomic mass is 10.1. The molecule has 0 bridgehead atoms. The van der Waals surface area contributed by atoms with E-state index in [1.807, 2.05) is 58.3 Å². The van der Waals surface area contributed by atoms with Crippen LogP contribution in [0, 0.1) is 10.5 Å². The molecule has 3 N–H and O–H groups in total. The van der Waals surface area contributed by atoms with Crippen LogP contribution in [-0.4, -0.2) is 37.5 Å². The van der Waals surface area contributed by atoms with E-state index >= 15 is 0 Å². The molecule has 5 amide bonds. The third-order valence-electron chi connectivity index (χ3n) is 4.27. The molecule has 0 unspecified atom stereocenters. The average Bonchev–Trinajstić information content (AvgIpc) is 2.71. The molecule has 160 valence electrons. The second-order valence-corrected chi connectivity index (χ2v) is 7.64. The van der Waals surface area contributed by atoms with Crippen LogP contribution in [0.3, 0.4) is 0 Å². The summed E-state index contributed by atoms with van der Waals surface area (Å²) in [4.78, 5) is 47.3. The minimum atomic E-state index is -0.868. The monoisotopic (exact) mass is 535 g/mol. The zero-order valence-corrected chi connectivity index (χ0v) is 18.7. The number of halogens is 1. The van der Waals surface area contributed by atoms with Crippen molar-refractivity contribution in [3.05, 3.63) is 56.7 Å². The Morgan fingerprint density at radius 2 is 1.81 bits per heavy atom. The SMILES string of the molecule is COc1cc(C=C2C(=O)NC(=O)NC2=O)cc(I)c1OCC(=O)Nc1ccccc1C. The number of hydrogen-bond donors (Lipinski definition) is 3. The van der Waals surface area contributed by atoms with E-state index in [1.165, 1.54) is 13.2 Å². The molecule has 0 saturated carbocycles. The Kier molecular flexibility index (Phi) is 6.90. The first-order valence-electron chi connectivity index (χ1n) is 9.02. The largest absolute Gasteiger partial charge is 0.493 e. The first-order chi connectivity index (χ1) is 14.8. The smallest absolute Gasteiger partial charge is 0.328 e. The van der Waals surface area contributed by atoms with Crippen molar-refractivity contribution in [1.29, 1.82) is 0 Å². The Morgan fingerprint density at radius 3 is 2.45 bits per heavy atom. The fourth-order valence-electron chi connectivity index (χ4n) is 2.77. The van der Waals surface area contributed by atoms with Crippen LogP contribution in [0.15, 0.2) is 42.0 Å². The average molecular weight is 535 g/mol. The van der Waals surface area contributed by atoms with E-state index < -0.39 is 17.8 Å². The van der Waals surface area contributed by atoms with E-state index in [0.29, 0.717) is 26.3 Å². The maximum Gasteiger partial charge on any atom is 0.328 e. The number of anilines is 1. The zero-order chi connectivity index (χ0) is 22.5. The van der Waals surface area contributed by atoms with Crippen LogP contribution < -0.4 is 25.4 Å².